The molecule has 7 heteroatoms. The first-order valence-corrected chi connectivity index (χ1v) is 5.58. The summed E-state index contributed by atoms with van der Waals surface area (Å²) < 4.78 is 1.53. The van der Waals surface area contributed by atoms with Crippen LogP contribution in [0.25, 0.3) is 10.9 Å². The lowest BCUT2D eigenvalue weighted by Gasteiger charge is -2.01. The van der Waals surface area contributed by atoms with Crippen LogP contribution in [0, 0.1) is 10.1 Å². The maximum atomic E-state index is 11.0. The van der Waals surface area contributed by atoms with Gasteiger partial charge in [-0.15, -0.1) is 0 Å². The molecule has 0 amide bonds. The second kappa shape index (κ2) is 4.60. The molecule has 0 bridgehead atoms. The second-order valence-corrected chi connectivity index (χ2v) is 4.24. The molecule has 2 N–H and O–H groups in total. The Kier molecular flexibility index (Phi) is 3.12. The summed E-state index contributed by atoms with van der Waals surface area (Å²) in [4.78, 5) is 21.0. The summed E-state index contributed by atoms with van der Waals surface area (Å²) >= 11 is 0. The molecule has 2 aromatic rings. The fraction of sp³-hybridized carbons (Fsp3) is 0.250. The summed E-state index contributed by atoms with van der Waals surface area (Å²) in [6.07, 6.45) is 1.73. The van der Waals surface area contributed by atoms with Crippen LogP contribution >= 0.6 is 0 Å². The van der Waals surface area contributed by atoms with Gasteiger partial charge in [0.15, 0.2) is 0 Å². The summed E-state index contributed by atoms with van der Waals surface area (Å²) in [7, 11) is 1.62. The van der Waals surface area contributed by atoms with Gasteiger partial charge >= 0.3 is 5.97 Å². The highest BCUT2D eigenvalue weighted by atomic mass is 16.6. The van der Waals surface area contributed by atoms with E-state index < -0.39 is 10.9 Å². The molecule has 0 unspecified atom stereocenters. The first kappa shape index (κ1) is 12.9. The third-order valence-corrected chi connectivity index (χ3v) is 2.96. The zero-order chi connectivity index (χ0) is 14.2. The number of hydrogen-bond donors (Lipinski definition) is 2. The third-order valence-electron chi connectivity index (χ3n) is 2.96. The second-order valence-electron chi connectivity index (χ2n) is 4.24. The fourth-order valence-electron chi connectivity index (χ4n) is 2.18. The van der Waals surface area contributed by atoms with E-state index in [9.17, 15) is 20.0 Å². The smallest absolute Gasteiger partial charge is 0.303 e. The van der Waals surface area contributed by atoms with Gasteiger partial charge in [0.25, 0.3) is 5.69 Å². The van der Waals surface area contributed by atoms with Gasteiger partial charge in [0.05, 0.1) is 10.3 Å². The standard InChI is InChI=1S/C12H12N2O5/c1-13-6-7(2-5-10(16)17)11-9(15)4-3-8(12(11)13)14(18)19/h3-4,6,15H,2,5H2,1H3,(H,16,17). The van der Waals surface area contributed by atoms with Crippen LogP contribution in [0.15, 0.2) is 18.3 Å². The van der Waals surface area contributed by atoms with Crippen molar-refractivity contribution in [3.63, 3.8) is 0 Å². The van der Waals surface area contributed by atoms with Crippen molar-refractivity contribution in [1.29, 1.82) is 0 Å². The van der Waals surface area contributed by atoms with E-state index in [1.54, 1.807) is 13.2 Å². The summed E-state index contributed by atoms with van der Waals surface area (Å²) in [5, 5.41) is 29.9. The number of benzene rings is 1. The molecule has 1 aromatic heterocycles. The van der Waals surface area contributed by atoms with Gasteiger partial charge in [-0.25, -0.2) is 0 Å². The minimum Gasteiger partial charge on any atom is -0.507 e. The van der Waals surface area contributed by atoms with Crippen LogP contribution in [0.2, 0.25) is 0 Å². The van der Waals surface area contributed by atoms with Crippen LogP contribution < -0.4 is 0 Å². The number of aryl methyl sites for hydroxylation is 2. The summed E-state index contributed by atoms with van der Waals surface area (Å²) in [5.41, 5.74) is 0.767. The van der Waals surface area contributed by atoms with Crippen molar-refractivity contribution in [2.45, 2.75) is 12.8 Å². The number of non-ortho nitro benzene ring substituents is 1. The van der Waals surface area contributed by atoms with E-state index in [0.717, 1.165) is 0 Å². The number of aliphatic carboxylic acids is 1. The number of hydrogen-bond acceptors (Lipinski definition) is 4. The highest BCUT2D eigenvalue weighted by Crippen LogP contribution is 2.36. The number of nitro groups is 1. The number of carboxylic acids is 1. The number of phenolic OH excluding ortho intramolecular Hbond substituents is 1. The minimum atomic E-state index is -0.957. The number of carboxylic acid groups (broad SMARTS) is 1. The molecule has 7 nitrogen and oxygen atoms in total. The maximum Gasteiger partial charge on any atom is 0.303 e. The molecule has 0 saturated carbocycles. The number of fused-ring (bicyclic) bond motifs is 1. The summed E-state index contributed by atoms with van der Waals surface area (Å²) in [6.45, 7) is 0. The number of nitro benzene ring substituents is 1. The van der Waals surface area contributed by atoms with E-state index >= 15 is 0 Å². The van der Waals surface area contributed by atoms with Crippen molar-refractivity contribution >= 4 is 22.6 Å². The van der Waals surface area contributed by atoms with Gasteiger partial charge in [-0.2, -0.15) is 0 Å². The van der Waals surface area contributed by atoms with Crippen LogP contribution in [-0.4, -0.2) is 25.7 Å². The van der Waals surface area contributed by atoms with Crippen molar-refractivity contribution in [1.82, 2.24) is 4.57 Å². The number of phenols is 1. The molecule has 0 saturated heterocycles. The number of aromatic hydroxyl groups is 1. The van der Waals surface area contributed by atoms with Gasteiger partial charge in [-0.1, -0.05) is 0 Å². The Bertz CT molecular complexity index is 674. The third kappa shape index (κ3) is 2.22. The van der Waals surface area contributed by atoms with E-state index in [-0.39, 0.29) is 24.3 Å². The Labute approximate surface area is 107 Å². The van der Waals surface area contributed by atoms with Crippen LogP contribution in [-0.2, 0) is 18.3 Å². The monoisotopic (exact) mass is 264 g/mol. The molecule has 19 heavy (non-hydrogen) atoms. The molecule has 0 aliphatic rings. The average Bonchev–Trinajstić information content (AvgIpc) is 2.65. The summed E-state index contributed by atoms with van der Waals surface area (Å²) in [5.74, 6) is -1.04. The molecule has 0 fully saturated rings. The summed E-state index contributed by atoms with van der Waals surface area (Å²) in [6, 6.07) is 2.49. The Morgan fingerprint density at radius 2 is 2.16 bits per heavy atom. The predicted molar refractivity (Wildman–Crippen MR) is 67.2 cm³/mol. The van der Waals surface area contributed by atoms with Crippen LogP contribution in [0.1, 0.15) is 12.0 Å². The van der Waals surface area contributed by atoms with Crippen molar-refractivity contribution < 1.29 is 19.9 Å². The highest BCUT2D eigenvalue weighted by Gasteiger charge is 2.21. The Hall–Kier alpha value is -2.57. The maximum absolute atomic E-state index is 11.0. The van der Waals surface area contributed by atoms with Crippen molar-refractivity contribution in [2.75, 3.05) is 0 Å². The lowest BCUT2D eigenvalue weighted by Crippen LogP contribution is -1.96. The largest absolute Gasteiger partial charge is 0.507 e. The normalized spacial score (nSPS) is 10.8. The van der Waals surface area contributed by atoms with E-state index in [2.05, 4.69) is 0 Å². The van der Waals surface area contributed by atoms with Crippen molar-refractivity contribution in [3.8, 4) is 5.75 Å². The molecular weight excluding hydrogens is 252 g/mol. The Morgan fingerprint density at radius 3 is 2.74 bits per heavy atom. The molecule has 100 valence electrons. The van der Waals surface area contributed by atoms with E-state index in [1.165, 1.54) is 16.7 Å². The molecule has 1 heterocycles. The van der Waals surface area contributed by atoms with Crippen LogP contribution in [0.5, 0.6) is 5.75 Å². The molecule has 0 spiro atoms. The number of nitrogens with zero attached hydrogens (tertiary/aromatic N) is 2. The van der Waals surface area contributed by atoms with Gasteiger partial charge in [0.2, 0.25) is 0 Å². The van der Waals surface area contributed by atoms with E-state index in [4.69, 9.17) is 5.11 Å². The highest BCUT2D eigenvalue weighted by molar-refractivity contribution is 5.96. The number of rotatable bonds is 4. The van der Waals surface area contributed by atoms with Crippen molar-refractivity contribution in [3.05, 3.63) is 34.0 Å². The first-order valence-electron chi connectivity index (χ1n) is 5.58. The predicted octanol–water partition coefficient (Wildman–Crippen LogP) is 1.81. The van der Waals surface area contributed by atoms with Crippen LogP contribution in [0.3, 0.4) is 0 Å². The van der Waals surface area contributed by atoms with Gasteiger partial charge in [0, 0.05) is 25.7 Å². The SMILES string of the molecule is Cn1cc(CCC(=O)O)c2c(O)ccc([N+](=O)[O-])c21. The first-order chi connectivity index (χ1) is 8.91. The zero-order valence-corrected chi connectivity index (χ0v) is 10.2. The topological polar surface area (TPSA) is 106 Å². The lowest BCUT2D eigenvalue weighted by molar-refractivity contribution is -0.383. The molecule has 0 aliphatic carbocycles. The molecule has 1 aromatic carbocycles. The molecule has 0 atom stereocenters. The van der Waals surface area contributed by atoms with E-state index in [1.807, 2.05) is 0 Å². The molecular formula is C12H12N2O5. The van der Waals surface area contributed by atoms with Crippen molar-refractivity contribution in [2.24, 2.45) is 7.05 Å². The Morgan fingerprint density at radius 1 is 1.47 bits per heavy atom. The van der Waals surface area contributed by atoms with Gasteiger partial charge in [-0.3, -0.25) is 14.9 Å². The molecule has 2 rings (SSSR count). The Balaban J connectivity index is 2.65. The van der Waals surface area contributed by atoms with Gasteiger partial charge in [0.1, 0.15) is 11.3 Å². The molecule has 0 aliphatic heterocycles. The van der Waals surface area contributed by atoms with E-state index in [0.29, 0.717) is 16.5 Å². The average molecular weight is 264 g/mol. The zero-order valence-electron chi connectivity index (χ0n) is 10.2. The van der Waals surface area contributed by atoms with Crippen LogP contribution in [0.4, 0.5) is 5.69 Å². The van der Waals surface area contributed by atoms with Gasteiger partial charge < -0.3 is 14.8 Å². The number of aromatic nitrogens is 1. The lowest BCUT2D eigenvalue weighted by atomic mass is 10.1. The minimum absolute atomic E-state index is 0.0819. The number of carbonyl (C=O) groups is 1. The molecule has 0 radical (unpaired) electrons. The van der Waals surface area contributed by atoms with Gasteiger partial charge in [-0.05, 0) is 18.1 Å². The fourth-order valence-corrected chi connectivity index (χ4v) is 2.18. The quantitative estimate of drug-likeness (QED) is 0.647.